The van der Waals surface area contributed by atoms with Crippen LogP contribution < -0.4 is 5.73 Å². The molecule has 2 rings (SSSR count). The maximum absolute atomic E-state index is 12.9. The van der Waals surface area contributed by atoms with Crippen molar-refractivity contribution in [3.63, 3.8) is 0 Å². The van der Waals surface area contributed by atoms with Crippen LogP contribution in [0.3, 0.4) is 0 Å². The van der Waals surface area contributed by atoms with E-state index in [1.165, 1.54) is 12.1 Å². The summed E-state index contributed by atoms with van der Waals surface area (Å²) >= 11 is 0. The monoisotopic (exact) mass is 192 g/mol. The minimum Gasteiger partial charge on any atom is -0.346 e. The lowest BCUT2D eigenvalue weighted by Gasteiger charge is -2.06. The first-order chi connectivity index (χ1) is 6.59. The van der Waals surface area contributed by atoms with Crippen molar-refractivity contribution in [2.75, 3.05) is 0 Å². The van der Waals surface area contributed by atoms with Crippen molar-refractivity contribution in [3.8, 4) is 0 Å². The Morgan fingerprint density at radius 2 is 2.07 bits per heavy atom. The zero-order valence-electron chi connectivity index (χ0n) is 8.29. The fourth-order valence-electron chi connectivity index (χ4n) is 1.78. The summed E-state index contributed by atoms with van der Waals surface area (Å²) in [6, 6.07) is 6.67. The van der Waals surface area contributed by atoms with Gasteiger partial charge >= 0.3 is 0 Å². The predicted molar refractivity (Wildman–Crippen MR) is 55.5 cm³/mol. The summed E-state index contributed by atoms with van der Waals surface area (Å²) in [7, 11) is 1.94. The topological polar surface area (TPSA) is 30.9 Å². The van der Waals surface area contributed by atoms with Crippen molar-refractivity contribution in [1.29, 1.82) is 0 Å². The summed E-state index contributed by atoms with van der Waals surface area (Å²) in [6.45, 7) is 1.92. The first-order valence-corrected chi connectivity index (χ1v) is 4.60. The molecular weight excluding hydrogens is 179 g/mol. The van der Waals surface area contributed by atoms with Crippen LogP contribution in [0.2, 0.25) is 0 Å². The fraction of sp³-hybridized carbons (Fsp3) is 0.273. The molecular formula is C11H13FN2. The van der Waals surface area contributed by atoms with Gasteiger partial charge in [-0.15, -0.1) is 0 Å². The molecule has 1 heterocycles. The Morgan fingerprint density at radius 1 is 1.36 bits per heavy atom. The molecule has 0 spiro atoms. The second-order valence-electron chi connectivity index (χ2n) is 3.62. The lowest BCUT2D eigenvalue weighted by atomic mass is 10.2. The van der Waals surface area contributed by atoms with Gasteiger partial charge < -0.3 is 10.3 Å². The second-order valence-corrected chi connectivity index (χ2v) is 3.62. The lowest BCUT2D eigenvalue weighted by molar-refractivity contribution is 0.629. The lowest BCUT2D eigenvalue weighted by Crippen LogP contribution is -2.09. The van der Waals surface area contributed by atoms with Gasteiger partial charge in [0.15, 0.2) is 0 Å². The van der Waals surface area contributed by atoms with E-state index < -0.39 is 0 Å². The first kappa shape index (κ1) is 9.21. The van der Waals surface area contributed by atoms with Crippen LogP contribution >= 0.6 is 0 Å². The highest BCUT2D eigenvalue weighted by molar-refractivity contribution is 5.81. The third-order valence-corrected chi connectivity index (χ3v) is 2.51. The molecule has 1 atom stereocenters. The molecule has 0 fully saturated rings. The Bertz CT molecular complexity index is 471. The number of nitrogens with zero attached hydrogens (tertiary/aromatic N) is 1. The van der Waals surface area contributed by atoms with Gasteiger partial charge in [-0.2, -0.15) is 0 Å². The highest BCUT2D eigenvalue weighted by atomic mass is 19.1. The molecule has 0 saturated heterocycles. The smallest absolute Gasteiger partial charge is 0.123 e. The number of hydrogen-bond donors (Lipinski definition) is 1. The second kappa shape index (κ2) is 3.10. The van der Waals surface area contributed by atoms with Crippen LogP contribution in [0.5, 0.6) is 0 Å². The van der Waals surface area contributed by atoms with Gasteiger partial charge in [0, 0.05) is 29.7 Å². The third kappa shape index (κ3) is 1.30. The third-order valence-electron chi connectivity index (χ3n) is 2.51. The zero-order chi connectivity index (χ0) is 10.3. The van der Waals surface area contributed by atoms with Crippen molar-refractivity contribution >= 4 is 10.9 Å². The average Bonchev–Trinajstić information content (AvgIpc) is 2.43. The van der Waals surface area contributed by atoms with Crippen LogP contribution in [0.1, 0.15) is 18.7 Å². The Kier molecular flexibility index (Phi) is 2.04. The molecule has 0 bridgehead atoms. The molecule has 1 aromatic heterocycles. The Labute approximate surface area is 82.1 Å². The van der Waals surface area contributed by atoms with Crippen LogP contribution in [-0.2, 0) is 7.05 Å². The van der Waals surface area contributed by atoms with Crippen LogP contribution in [-0.4, -0.2) is 4.57 Å². The molecule has 1 unspecified atom stereocenters. The normalized spacial score (nSPS) is 13.4. The number of fused-ring (bicyclic) bond motifs is 1. The van der Waals surface area contributed by atoms with Gasteiger partial charge in [-0.3, -0.25) is 0 Å². The highest BCUT2D eigenvalue weighted by Crippen LogP contribution is 2.22. The highest BCUT2D eigenvalue weighted by Gasteiger charge is 2.08. The molecule has 2 N–H and O–H groups in total. The number of aromatic nitrogens is 1. The molecule has 0 amide bonds. The SMILES string of the molecule is CC(N)c1cc2cc(F)ccc2n1C. The number of hydrogen-bond acceptors (Lipinski definition) is 1. The van der Waals surface area contributed by atoms with E-state index in [2.05, 4.69) is 0 Å². The maximum Gasteiger partial charge on any atom is 0.123 e. The van der Waals surface area contributed by atoms with Crippen LogP contribution in [0, 0.1) is 5.82 Å². The van der Waals surface area contributed by atoms with Crippen molar-refractivity contribution in [3.05, 3.63) is 35.8 Å². The van der Waals surface area contributed by atoms with E-state index in [-0.39, 0.29) is 11.9 Å². The first-order valence-electron chi connectivity index (χ1n) is 4.60. The summed E-state index contributed by atoms with van der Waals surface area (Å²) < 4.78 is 14.9. The Morgan fingerprint density at radius 3 is 2.71 bits per heavy atom. The molecule has 0 aliphatic heterocycles. The Hall–Kier alpha value is -1.35. The summed E-state index contributed by atoms with van der Waals surface area (Å²) in [6.07, 6.45) is 0. The fourth-order valence-corrected chi connectivity index (χ4v) is 1.78. The predicted octanol–water partition coefficient (Wildman–Crippen LogP) is 2.34. The van der Waals surface area contributed by atoms with E-state index in [9.17, 15) is 4.39 Å². The number of aryl methyl sites for hydroxylation is 1. The number of rotatable bonds is 1. The van der Waals surface area contributed by atoms with E-state index in [1.54, 1.807) is 6.07 Å². The van der Waals surface area contributed by atoms with Crippen molar-refractivity contribution in [2.24, 2.45) is 12.8 Å². The minimum atomic E-state index is -0.209. The quantitative estimate of drug-likeness (QED) is 0.738. The van der Waals surface area contributed by atoms with Crippen molar-refractivity contribution in [1.82, 2.24) is 4.57 Å². The largest absolute Gasteiger partial charge is 0.346 e. The van der Waals surface area contributed by atoms with Crippen molar-refractivity contribution < 1.29 is 4.39 Å². The van der Waals surface area contributed by atoms with E-state index >= 15 is 0 Å². The molecule has 14 heavy (non-hydrogen) atoms. The van der Waals surface area contributed by atoms with Gasteiger partial charge in [0.05, 0.1) is 0 Å². The Balaban J connectivity index is 2.73. The van der Waals surface area contributed by atoms with Crippen LogP contribution in [0.4, 0.5) is 4.39 Å². The molecule has 74 valence electrons. The van der Waals surface area contributed by atoms with Gasteiger partial charge in [-0.1, -0.05) is 0 Å². The summed E-state index contributed by atoms with van der Waals surface area (Å²) in [5.74, 6) is -0.209. The molecule has 0 saturated carbocycles. The van der Waals surface area contributed by atoms with E-state index in [0.717, 1.165) is 16.6 Å². The van der Waals surface area contributed by atoms with E-state index in [4.69, 9.17) is 5.73 Å². The van der Waals surface area contributed by atoms with Crippen LogP contribution in [0.15, 0.2) is 24.3 Å². The summed E-state index contributed by atoms with van der Waals surface area (Å²) in [4.78, 5) is 0. The van der Waals surface area contributed by atoms with Gasteiger partial charge in [-0.25, -0.2) is 4.39 Å². The van der Waals surface area contributed by atoms with E-state index in [0.29, 0.717) is 0 Å². The molecule has 2 aromatic rings. The van der Waals surface area contributed by atoms with Crippen LogP contribution in [0.25, 0.3) is 10.9 Å². The zero-order valence-corrected chi connectivity index (χ0v) is 8.29. The molecule has 0 radical (unpaired) electrons. The molecule has 2 nitrogen and oxygen atoms in total. The van der Waals surface area contributed by atoms with Crippen molar-refractivity contribution in [2.45, 2.75) is 13.0 Å². The average molecular weight is 192 g/mol. The number of benzene rings is 1. The van der Waals surface area contributed by atoms with E-state index in [1.807, 2.05) is 24.6 Å². The standard InChI is InChI=1S/C11H13FN2/c1-7(13)11-6-8-5-9(12)3-4-10(8)14(11)2/h3-7H,13H2,1-2H3. The van der Waals surface area contributed by atoms with Gasteiger partial charge in [0.1, 0.15) is 5.82 Å². The minimum absolute atomic E-state index is 0.0320. The number of halogens is 1. The van der Waals surface area contributed by atoms with Gasteiger partial charge in [-0.05, 0) is 31.2 Å². The maximum atomic E-state index is 12.9. The summed E-state index contributed by atoms with van der Waals surface area (Å²) in [5, 5.41) is 0.903. The molecule has 1 aromatic carbocycles. The molecule has 0 aliphatic rings. The van der Waals surface area contributed by atoms with Gasteiger partial charge in [0.25, 0.3) is 0 Å². The molecule has 0 aliphatic carbocycles. The molecule has 3 heteroatoms. The summed E-state index contributed by atoms with van der Waals surface area (Å²) in [5.41, 5.74) is 7.83. The van der Waals surface area contributed by atoms with Gasteiger partial charge in [0.2, 0.25) is 0 Å². The number of nitrogens with two attached hydrogens (primary N) is 1.